The van der Waals surface area contributed by atoms with Gasteiger partial charge in [0.2, 0.25) is 0 Å². The zero-order valence-electron chi connectivity index (χ0n) is 14.3. The van der Waals surface area contributed by atoms with Crippen LogP contribution in [0.1, 0.15) is 44.9 Å². The summed E-state index contributed by atoms with van der Waals surface area (Å²) in [5.41, 5.74) is 2.16. The van der Waals surface area contributed by atoms with Gasteiger partial charge < -0.3 is 10.1 Å². The molecule has 3 nitrogen and oxygen atoms in total. The van der Waals surface area contributed by atoms with Crippen LogP contribution in [0.4, 0.5) is 0 Å². The van der Waals surface area contributed by atoms with Gasteiger partial charge in [-0.25, -0.2) is 0 Å². The van der Waals surface area contributed by atoms with Crippen molar-refractivity contribution in [1.29, 1.82) is 0 Å². The SMILES string of the molecule is C[C@@H](NC(=O)COc1ccccc1C(C)(C)C)c1ccccc1. The molecule has 2 aromatic rings. The van der Waals surface area contributed by atoms with E-state index in [0.717, 1.165) is 16.9 Å². The van der Waals surface area contributed by atoms with Crippen LogP contribution < -0.4 is 10.1 Å². The Morgan fingerprint density at radius 1 is 1.04 bits per heavy atom. The van der Waals surface area contributed by atoms with Crippen molar-refractivity contribution in [1.82, 2.24) is 5.32 Å². The maximum Gasteiger partial charge on any atom is 0.258 e. The zero-order chi connectivity index (χ0) is 16.9. The Balaban J connectivity index is 1.95. The number of benzene rings is 2. The fraction of sp³-hybridized carbons (Fsp3) is 0.350. The van der Waals surface area contributed by atoms with Crippen molar-refractivity contribution in [2.24, 2.45) is 0 Å². The highest BCUT2D eigenvalue weighted by molar-refractivity contribution is 5.78. The van der Waals surface area contributed by atoms with Crippen LogP contribution in [-0.4, -0.2) is 12.5 Å². The van der Waals surface area contributed by atoms with E-state index in [-0.39, 0.29) is 24.0 Å². The molecule has 1 N–H and O–H groups in total. The molecule has 0 heterocycles. The fourth-order valence-corrected chi connectivity index (χ4v) is 2.46. The number of carbonyl (C=O) groups is 1. The molecule has 0 bridgehead atoms. The second-order valence-electron chi connectivity index (χ2n) is 6.73. The number of rotatable bonds is 5. The Morgan fingerprint density at radius 2 is 1.65 bits per heavy atom. The highest BCUT2D eigenvalue weighted by Gasteiger charge is 2.19. The predicted molar refractivity (Wildman–Crippen MR) is 93.6 cm³/mol. The minimum atomic E-state index is -0.120. The van der Waals surface area contributed by atoms with Crippen LogP contribution in [0.3, 0.4) is 0 Å². The topological polar surface area (TPSA) is 38.3 Å². The maximum absolute atomic E-state index is 12.1. The maximum atomic E-state index is 12.1. The molecule has 1 amide bonds. The molecule has 2 rings (SSSR count). The first-order chi connectivity index (χ1) is 10.9. The number of para-hydroxylation sites is 1. The first-order valence-electron chi connectivity index (χ1n) is 7.94. The standard InChI is InChI=1S/C20H25NO2/c1-15(16-10-6-5-7-11-16)21-19(22)14-23-18-13-9-8-12-17(18)20(2,3)4/h5-13,15H,14H2,1-4H3,(H,21,22)/t15-/m1/s1. The third-order valence-electron chi connectivity index (χ3n) is 3.73. The molecule has 0 saturated heterocycles. The fourth-order valence-electron chi connectivity index (χ4n) is 2.46. The van der Waals surface area contributed by atoms with Gasteiger partial charge in [-0.15, -0.1) is 0 Å². The van der Waals surface area contributed by atoms with Crippen molar-refractivity contribution in [2.45, 2.75) is 39.2 Å². The molecule has 0 aliphatic rings. The summed E-state index contributed by atoms with van der Waals surface area (Å²) in [6.45, 7) is 8.38. The van der Waals surface area contributed by atoms with Gasteiger partial charge in [-0.3, -0.25) is 4.79 Å². The zero-order valence-corrected chi connectivity index (χ0v) is 14.3. The van der Waals surface area contributed by atoms with Gasteiger partial charge in [0.25, 0.3) is 5.91 Å². The molecular formula is C20H25NO2. The van der Waals surface area contributed by atoms with Crippen molar-refractivity contribution in [2.75, 3.05) is 6.61 Å². The summed E-state index contributed by atoms with van der Waals surface area (Å²) in [6.07, 6.45) is 0. The van der Waals surface area contributed by atoms with Crippen LogP contribution in [0, 0.1) is 0 Å². The normalized spacial score (nSPS) is 12.5. The molecule has 0 radical (unpaired) electrons. The van der Waals surface area contributed by atoms with Gasteiger partial charge in [0, 0.05) is 0 Å². The lowest BCUT2D eigenvalue weighted by atomic mass is 9.86. The predicted octanol–water partition coefficient (Wildman–Crippen LogP) is 4.24. The molecule has 23 heavy (non-hydrogen) atoms. The van der Waals surface area contributed by atoms with Gasteiger partial charge in [-0.2, -0.15) is 0 Å². The first kappa shape index (κ1) is 17.1. The van der Waals surface area contributed by atoms with E-state index in [1.807, 2.05) is 61.5 Å². The van der Waals surface area contributed by atoms with Gasteiger partial charge in [0.1, 0.15) is 5.75 Å². The molecule has 0 saturated carbocycles. The van der Waals surface area contributed by atoms with E-state index in [0.29, 0.717) is 0 Å². The van der Waals surface area contributed by atoms with Crippen molar-refractivity contribution in [3.05, 3.63) is 65.7 Å². The van der Waals surface area contributed by atoms with Crippen LogP contribution in [0.2, 0.25) is 0 Å². The molecule has 0 aliphatic heterocycles. The average molecular weight is 311 g/mol. The second kappa shape index (κ2) is 7.32. The Labute approximate surface area is 138 Å². The summed E-state index contributed by atoms with van der Waals surface area (Å²) >= 11 is 0. The lowest BCUT2D eigenvalue weighted by Gasteiger charge is -2.22. The number of hydrogen-bond acceptors (Lipinski definition) is 2. The highest BCUT2D eigenvalue weighted by atomic mass is 16.5. The Kier molecular flexibility index (Phi) is 5.43. The van der Waals surface area contributed by atoms with Gasteiger partial charge in [0.15, 0.2) is 6.61 Å². The third-order valence-corrected chi connectivity index (χ3v) is 3.73. The van der Waals surface area contributed by atoms with E-state index in [2.05, 4.69) is 26.1 Å². The number of ether oxygens (including phenoxy) is 1. The lowest BCUT2D eigenvalue weighted by Crippen LogP contribution is -2.31. The minimum Gasteiger partial charge on any atom is -0.483 e. The largest absolute Gasteiger partial charge is 0.483 e. The molecular weight excluding hydrogens is 286 g/mol. The van der Waals surface area contributed by atoms with E-state index < -0.39 is 0 Å². The van der Waals surface area contributed by atoms with E-state index >= 15 is 0 Å². The van der Waals surface area contributed by atoms with Crippen molar-refractivity contribution >= 4 is 5.91 Å². The quantitative estimate of drug-likeness (QED) is 0.897. The monoisotopic (exact) mass is 311 g/mol. The molecule has 0 unspecified atom stereocenters. The van der Waals surface area contributed by atoms with E-state index in [1.165, 1.54) is 0 Å². The summed E-state index contributed by atoms with van der Waals surface area (Å²) in [4.78, 5) is 12.1. The summed E-state index contributed by atoms with van der Waals surface area (Å²) in [6, 6.07) is 17.7. The smallest absolute Gasteiger partial charge is 0.258 e. The van der Waals surface area contributed by atoms with Crippen LogP contribution in [-0.2, 0) is 10.2 Å². The number of hydrogen-bond donors (Lipinski definition) is 1. The Bertz CT molecular complexity index is 644. The number of nitrogens with one attached hydrogen (secondary N) is 1. The average Bonchev–Trinajstić information content (AvgIpc) is 2.53. The molecule has 0 aromatic heterocycles. The van der Waals surface area contributed by atoms with Gasteiger partial charge in [-0.1, -0.05) is 69.3 Å². The van der Waals surface area contributed by atoms with Crippen molar-refractivity contribution in [3.8, 4) is 5.75 Å². The second-order valence-corrected chi connectivity index (χ2v) is 6.73. The number of amides is 1. The molecule has 2 aromatic carbocycles. The molecule has 0 fully saturated rings. The molecule has 3 heteroatoms. The van der Waals surface area contributed by atoms with Crippen LogP contribution in [0.25, 0.3) is 0 Å². The van der Waals surface area contributed by atoms with Gasteiger partial charge in [0.05, 0.1) is 6.04 Å². The Morgan fingerprint density at radius 3 is 2.30 bits per heavy atom. The van der Waals surface area contributed by atoms with Gasteiger partial charge >= 0.3 is 0 Å². The molecule has 0 aliphatic carbocycles. The van der Waals surface area contributed by atoms with E-state index in [4.69, 9.17) is 4.74 Å². The summed E-state index contributed by atoms with van der Waals surface area (Å²) in [5, 5.41) is 2.96. The number of carbonyl (C=O) groups excluding carboxylic acids is 1. The van der Waals surface area contributed by atoms with Crippen molar-refractivity contribution < 1.29 is 9.53 Å². The van der Waals surface area contributed by atoms with Crippen LogP contribution in [0.5, 0.6) is 5.75 Å². The first-order valence-corrected chi connectivity index (χ1v) is 7.94. The third kappa shape index (κ3) is 4.85. The van der Waals surface area contributed by atoms with E-state index in [9.17, 15) is 4.79 Å². The van der Waals surface area contributed by atoms with E-state index in [1.54, 1.807) is 0 Å². The summed E-state index contributed by atoms with van der Waals surface area (Å²) in [7, 11) is 0. The molecule has 0 spiro atoms. The van der Waals surface area contributed by atoms with Crippen molar-refractivity contribution in [3.63, 3.8) is 0 Å². The molecule has 122 valence electrons. The lowest BCUT2D eigenvalue weighted by molar-refractivity contribution is -0.123. The minimum absolute atomic E-state index is 0.0181. The summed E-state index contributed by atoms with van der Waals surface area (Å²) in [5.74, 6) is 0.646. The summed E-state index contributed by atoms with van der Waals surface area (Å²) < 4.78 is 5.75. The highest BCUT2D eigenvalue weighted by Crippen LogP contribution is 2.30. The van der Waals surface area contributed by atoms with Crippen LogP contribution >= 0.6 is 0 Å². The Hall–Kier alpha value is -2.29. The molecule has 1 atom stereocenters. The van der Waals surface area contributed by atoms with Gasteiger partial charge in [-0.05, 0) is 29.5 Å². The van der Waals surface area contributed by atoms with Crippen LogP contribution in [0.15, 0.2) is 54.6 Å².